The molecule has 0 aliphatic rings. The number of allylic oxidation sites excluding steroid dienone is 1. The standard InChI is InChI=1S/C21H27N5OS/c1-14(2)21-22-18(13-28-21)9-7-6-8-16-12-17(10-11-19(16)27-5)20-23-25-26(24-20)15(3)4/h6,8,10-15H,7,9H2,1-5H3/b8-6+. The lowest BCUT2D eigenvalue weighted by Gasteiger charge is -2.06. The molecule has 2 heterocycles. The van der Waals surface area contributed by atoms with Crippen molar-refractivity contribution >= 4 is 17.4 Å². The fraction of sp³-hybridized carbons (Fsp3) is 0.429. The van der Waals surface area contributed by atoms with E-state index in [9.17, 15) is 0 Å². The Balaban J connectivity index is 1.71. The summed E-state index contributed by atoms with van der Waals surface area (Å²) in [5.74, 6) is 1.94. The van der Waals surface area contributed by atoms with E-state index in [0.29, 0.717) is 11.7 Å². The van der Waals surface area contributed by atoms with E-state index in [4.69, 9.17) is 9.72 Å². The summed E-state index contributed by atoms with van der Waals surface area (Å²) < 4.78 is 5.50. The maximum absolute atomic E-state index is 5.50. The summed E-state index contributed by atoms with van der Waals surface area (Å²) in [6.07, 6.45) is 6.11. The lowest BCUT2D eigenvalue weighted by atomic mass is 10.1. The first kappa shape index (κ1) is 20.2. The summed E-state index contributed by atoms with van der Waals surface area (Å²) in [6, 6.07) is 6.12. The number of hydrogen-bond acceptors (Lipinski definition) is 6. The monoisotopic (exact) mass is 397 g/mol. The minimum absolute atomic E-state index is 0.181. The third kappa shape index (κ3) is 4.84. The van der Waals surface area contributed by atoms with E-state index in [0.717, 1.165) is 35.4 Å². The minimum atomic E-state index is 0.181. The summed E-state index contributed by atoms with van der Waals surface area (Å²) in [5.41, 5.74) is 3.09. The Hall–Kier alpha value is -2.54. The summed E-state index contributed by atoms with van der Waals surface area (Å²) in [7, 11) is 1.68. The van der Waals surface area contributed by atoms with Crippen molar-refractivity contribution < 1.29 is 4.74 Å². The van der Waals surface area contributed by atoms with Gasteiger partial charge in [-0.1, -0.05) is 26.0 Å². The molecule has 0 amide bonds. The summed E-state index contributed by atoms with van der Waals surface area (Å²) in [6.45, 7) is 8.41. The van der Waals surface area contributed by atoms with Crippen molar-refractivity contribution in [3.05, 3.63) is 45.9 Å². The number of tetrazole rings is 1. The van der Waals surface area contributed by atoms with Crippen molar-refractivity contribution in [2.75, 3.05) is 7.11 Å². The van der Waals surface area contributed by atoms with Crippen LogP contribution in [-0.2, 0) is 6.42 Å². The van der Waals surface area contributed by atoms with Crippen molar-refractivity contribution in [1.29, 1.82) is 0 Å². The van der Waals surface area contributed by atoms with E-state index >= 15 is 0 Å². The topological polar surface area (TPSA) is 65.7 Å². The zero-order chi connectivity index (χ0) is 20.1. The van der Waals surface area contributed by atoms with Gasteiger partial charge in [-0.15, -0.1) is 21.5 Å². The summed E-state index contributed by atoms with van der Waals surface area (Å²) in [5, 5.41) is 16.1. The van der Waals surface area contributed by atoms with Gasteiger partial charge in [0.05, 0.1) is 23.9 Å². The van der Waals surface area contributed by atoms with Crippen molar-refractivity contribution in [3.63, 3.8) is 0 Å². The SMILES string of the molecule is COc1ccc(-c2nnn(C(C)C)n2)cc1/C=C/CCc1csc(C(C)C)n1. The number of aromatic nitrogens is 5. The van der Waals surface area contributed by atoms with Crippen LogP contribution < -0.4 is 4.74 Å². The van der Waals surface area contributed by atoms with E-state index in [1.54, 1.807) is 23.2 Å². The highest BCUT2D eigenvalue weighted by atomic mass is 32.1. The van der Waals surface area contributed by atoms with Crippen LogP contribution in [0.2, 0.25) is 0 Å². The van der Waals surface area contributed by atoms with E-state index in [2.05, 4.69) is 46.8 Å². The molecule has 0 aliphatic heterocycles. The van der Waals surface area contributed by atoms with Gasteiger partial charge in [0.15, 0.2) is 0 Å². The number of aryl methyl sites for hydroxylation is 1. The highest BCUT2D eigenvalue weighted by molar-refractivity contribution is 7.09. The first-order chi connectivity index (χ1) is 13.5. The Bertz CT molecular complexity index is 942. The number of rotatable bonds is 8. The quantitative estimate of drug-likeness (QED) is 0.525. The second-order valence-electron chi connectivity index (χ2n) is 7.26. The Kier molecular flexibility index (Phi) is 6.57. The lowest BCUT2D eigenvalue weighted by molar-refractivity contribution is 0.414. The van der Waals surface area contributed by atoms with Crippen LogP contribution in [0.1, 0.15) is 62.3 Å². The zero-order valence-electron chi connectivity index (χ0n) is 17.1. The number of thiazole rings is 1. The minimum Gasteiger partial charge on any atom is -0.496 e. The number of methoxy groups -OCH3 is 1. The molecule has 0 fully saturated rings. The van der Waals surface area contributed by atoms with Crippen LogP contribution in [0.3, 0.4) is 0 Å². The Morgan fingerprint density at radius 2 is 2.04 bits per heavy atom. The second kappa shape index (κ2) is 9.10. The molecule has 148 valence electrons. The lowest BCUT2D eigenvalue weighted by Crippen LogP contribution is -2.04. The molecule has 3 rings (SSSR count). The van der Waals surface area contributed by atoms with E-state index < -0.39 is 0 Å². The van der Waals surface area contributed by atoms with Crippen molar-refractivity contribution in [2.24, 2.45) is 0 Å². The van der Waals surface area contributed by atoms with Gasteiger partial charge in [0, 0.05) is 22.4 Å². The Labute approximate surface area is 170 Å². The molecule has 0 spiro atoms. The molecule has 2 aromatic heterocycles. The number of benzene rings is 1. The molecule has 7 heteroatoms. The molecule has 0 unspecified atom stereocenters. The van der Waals surface area contributed by atoms with E-state index in [1.165, 1.54) is 5.01 Å². The van der Waals surface area contributed by atoms with Gasteiger partial charge in [0.1, 0.15) is 5.75 Å². The molecule has 0 N–H and O–H groups in total. The molecule has 0 saturated carbocycles. The van der Waals surface area contributed by atoms with E-state index in [1.807, 2.05) is 32.0 Å². The van der Waals surface area contributed by atoms with E-state index in [-0.39, 0.29) is 6.04 Å². The number of hydrogen-bond donors (Lipinski definition) is 0. The van der Waals surface area contributed by atoms with Crippen molar-refractivity contribution in [1.82, 2.24) is 25.2 Å². The van der Waals surface area contributed by atoms with Crippen LogP contribution in [-0.4, -0.2) is 32.3 Å². The van der Waals surface area contributed by atoms with Crippen LogP contribution in [0.25, 0.3) is 17.5 Å². The predicted octanol–water partition coefficient (Wildman–Crippen LogP) is 5.16. The largest absolute Gasteiger partial charge is 0.496 e. The van der Waals surface area contributed by atoms with Crippen LogP contribution in [0.15, 0.2) is 29.7 Å². The molecule has 28 heavy (non-hydrogen) atoms. The average molecular weight is 398 g/mol. The van der Waals surface area contributed by atoms with Crippen LogP contribution in [0.5, 0.6) is 5.75 Å². The third-order valence-electron chi connectivity index (χ3n) is 4.31. The van der Waals surface area contributed by atoms with Crippen LogP contribution in [0, 0.1) is 0 Å². The first-order valence-corrected chi connectivity index (χ1v) is 10.4. The fourth-order valence-corrected chi connectivity index (χ4v) is 3.58. The molecule has 6 nitrogen and oxygen atoms in total. The van der Waals surface area contributed by atoms with Gasteiger partial charge in [-0.2, -0.15) is 4.80 Å². The number of nitrogens with zero attached hydrogens (tertiary/aromatic N) is 5. The first-order valence-electron chi connectivity index (χ1n) is 9.56. The van der Waals surface area contributed by atoms with Crippen molar-refractivity contribution in [2.45, 2.75) is 52.5 Å². The third-order valence-corrected chi connectivity index (χ3v) is 5.50. The average Bonchev–Trinajstić information content (AvgIpc) is 3.35. The van der Waals surface area contributed by atoms with Crippen LogP contribution in [0.4, 0.5) is 0 Å². The fourth-order valence-electron chi connectivity index (χ4n) is 2.71. The van der Waals surface area contributed by atoms with Gasteiger partial charge in [-0.05, 0) is 50.1 Å². The van der Waals surface area contributed by atoms with Gasteiger partial charge in [0.2, 0.25) is 5.82 Å². The van der Waals surface area contributed by atoms with Crippen molar-refractivity contribution in [3.8, 4) is 17.1 Å². The maximum Gasteiger partial charge on any atom is 0.204 e. The predicted molar refractivity (Wildman–Crippen MR) is 114 cm³/mol. The smallest absolute Gasteiger partial charge is 0.204 e. The molecule has 0 bridgehead atoms. The molecule has 0 saturated heterocycles. The van der Waals surface area contributed by atoms with Gasteiger partial charge >= 0.3 is 0 Å². The van der Waals surface area contributed by atoms with Gasteiger partial charge < -0.3 is 4.74 Å². The molecule has 0 atom stereocenters. The van der Waals surface area contributed by atoms with Gasteiger partial charge in [-0.3, -0.25) is 0 Å². The molecular formula is C21H27N5OS. The number of ether oxygens (including phenoxy) is 1. The highest BCUT2D eigenvalue weighted by Gasteiger charge is 2.10. The summed E-state index contributed by atoms with van der Waals surface area (Å²) in [4.78, 5) is 6.31. The molecule has 1 aromatic carbocycles. The zero-order valence-corrected chi connectivity index (χ0v) is 17.9. The Morgan fingerprint density at radius 3 is 2.68 bits per heavy atom. The molecular weight excluding hydrogens is 370 g/mol. The van der Waals surface area contributed by atoms with Crippen LogP contribution >= 0.6 is 11.3 Å². The maximum atomic E-state index is 5.50. The molecule has 0 aliphatic carbocycles. The normalized spacial score (nSPS) is 11.8. The Morgan fingerprint density at radius 1 is 1.21 bits per heavy atom. The highest BCUT2D eigenvalue weighted by Crippen LogP contribution is 2.26. The van der Waals surface area contributed by atoms with Gasteiger partial charge in [-0.25, -0.2) is 4.98 Å². The second-order valence-corrected chi connectivity index (χ2v) is 8.15. The molecule has 3 aromatic rings. The van der Waals surface area contributed by atoms with Gasteiger partial charge in [0.25, 0.3) is 0 Å². The molecule has 0 radical (unpaired) electrons. The summed E-state index contributed by atoms with van der Waals surface area (Å²) >= 11 is 1.74.